The number of carbonyl (C=O) groups excluding carboxylic acids is 9. The van der Waals surface area contributed by atoms with Gasteiger partial charge in [0, 0.05) is 49.6 Å². The molecule has 23 atom stereocenters. The Kier molecular flexibility index (Phi) is 36.0. The molecule has 17 bridgehead atoms. The number of amides is 9. The zero-order chi connectivity index (χ0) is 103. The fourth-order valence-corrected chi connectivity index (χ4v) is 18.3. The van der Waals surface area contributed by atoms with Crippen molar-refractivity contribution in [3.63, 3.8) is 0 Å². The number of unbranched alkanes of at least 4 members (excludes halogenated alkanes) is 3. The summed E-state index contributed by atoms with van der Waals surface area (Å²) < 4.78 is 58.4. The molecule has 47 heteroatoms. The Labute approximate surface area is 834 Å². The average Bonchev–Trinajstić information content (AvgIpc) is 0.759. The number of benzene rings is 7. The van der Waals surface area contributed by atoms with Gasteiger partial charge < -0.3 is 184 Å². The van der Waals surface area contributed by atoms with Crippen LogP contribution in [-0.2, 0) is 68.5 Å². The molecule has 7 aromatic carbocycles. The summed E-state index contributed by atoms with van der Waals surface area (Å²) in [7, 11) is 0. The van der Waals surface area contributed by atoms with Crippen molar-refractivity contribution >= 4 is 76.4 Å². The summed E-state index contributed by atoms with van der Waals surface area (Å²) in [5.74, 6) is -17.7. The van der Waals surface area contributed by atoms with Crippen molar-refractivity contribution in [3.8, 4) is 80.1 Å². The van der Waals surface area contributed by atoms with Crippen molar-refractivity contribution in [1.82, 2.24) is 58.5 Å². The zero-order valence-electron chi connectivity index (χ0n) is 78.3. The van der Waals surface area contributed by atoms with Gasteiger partial charge in [0.25, 0.3) is 0 Å². The monoisotopic (exact) mass is 2050 g/mol. The molecule has 9 aliphatic rings. The van der Waals surface area contributed by atoms with Crippen LogP contribution < -0.4 is 93.6 Å². The van der Waals surface area contributed by atoms with Crippen LogP contribution in [0.5, 0.6) is 69.0 Å². The topological polar surface area (TPSA) is 704 Å². The third kappa shape index (κ3) is 25.3. The molecule has 0 spiro atoms. The molecule has 0 aliphatic carbocycles. The number of halogens is 2. The van der Waals surface area contributed by atoms with Gasteiger partial charge in [-0.15, -0.1) is 0 Å². The van der Waals surface area contributed by atoms with E-state index in [1.54, 1.807) is 0 Å². The Hall–Kier alpha value is -12.2. The summed E-state index contributed by atoms with van der Waals surface area (Å²) in [6, 6.07) is 1.89. The fourth-order valence-electron chi connectivity index (χ4n) is 17.8. The van der Waals surface area contributed by atoms with Crippen molar-refractivity contribution in [2.24, 2.45) is 17.4 Å². The van der Waals surface area contributed by atoms with Gasteiger partial charge in [-0.1, -0.05) is 87.0 Å². The van der Waals surface area contributed by atoms with E-state index in [2.05, 4.69) is 72.3 Å². The maximum absolute atomic E-state index is 17.2. The fraction of sp³-hybridized carbons (Fsp3) is 0.474. The minimum atomic E-state index is -2.53. The quantitative estimate of drug-likeness (QED) is 0.0270. The van der Waals surface area contributed by atoms with Gasteiger partial charge in [-0.05, 0) is 182 Å². The van der Waals surface area contributed by atoms with E-state index in [9.17, 15) is 85.9 Å². The third-order valence-electron chi connectivity index (χ3n) is 25.5. The lowest BCUT2D eigenvalue weighted by Crippen LogP contribution is -2.65. The van der Waals surface area contributed by atoms with E-state index in [0.717, 1.165) is 111 Å². The molecule has 7 aromatic rings. The van der Waals surface area contributed by atoms with E-state index >= 15 is 28.8 Å². The number of hydrogen-bond acceptors (Lipinski definition) is 36. The number of hydrogen-bond donors (Lipinski definition) is 27. The predicted octanol–water partition coefficient (Wildman–Crippen LogP) is 0.359. The van der Waals surface area contributed by atoms with Gasteiger partial charge in [-0.25, -0.2) is 0 Å². The standard InChI is InChI=1S/C97H119Cl2N13O32/c1-42(2)11-6-4-5-7-12-69(121)107-77-83(126)80(123)67(40-114)141-96(77)144-87-64-34-49-35-65(87)138-61-20-16-47(32-56(61)99)86(143-95-76(105-43(3)116)82(125)79(122)66(39-113)140-95)78-94(135)111-75(90(131)104-26-10-25-103-24-9-23-102-22-8-21-100)54-37-51(118)38-63(139-97-85(128)84(127)81(124)68(41-115)142-97)70(54)53-31-46(15-17-58(53)119)72(91(132)112-78)109-93(134)74(49)110-92(133)73-48-29-50(117)36-52(30-48)136-62-33-45(14-18-59(62)120)71(101)89(130)106-57(88(129)108-73)28-44-13-19-60(137-64)55(98)27-44/h13-20,27,29-38,42,57,66-68,71-86,95-97,102-103,113-115,117-120,122-128H,4-12,21-26,28,39-41,100-101H2,1-3H3,(H,104,131)(H,105,116)(H,106,130)(H,107,121)(H,108,129)(H,109,134)(H,110,133)(H,111,135)(H,112,132)/t57-,66+,67+,68-,71-,72-,73+,74-,75+,76+,77+,78+,79-,80-,81-,82-,83-,84-,85+,86-,95+,96+,97+/m1/s1. The normalized spacial score (nSPS) is 27.5. The predicted molar refractivity (Wildman–Crippen MR) is 507 cm³/mol. The van der Waals surface area contributed by atoms with Crippen molar-refractivity contribution in [1.29, 1.82) is 0 Å². The molecule has 0 radical (unpaired) electrons. The number of rotatable bonds is 30. The van der Waals surface area contributed by atoms with Gasteiger partial charge in [-0.2, -0.15) is 0 Å². The minimum absolute atomic E-state index is 0.0318. The van der Waals surface area contributed by atoms with E-state index in [-0.39, 0.29) is 70.5 Å². The number of aromatic hydroxyl groups is 4. The Morgan fingerprint density at radius 1 is 0.486 bits per heavy atom. The first kappa shape index (κ1) is 108. The van der Waals surface area contributed by atoms with Crippen LogP contribution in [0.25, 0.3) is 11.1 Å². The molecule has 0 unspecified atom stereocenters. The lowest BCUT2D eigenvalue weighted by Gasteiger charge is -2.44. The number of phenolic OH excluding ortho intramolecular Hbond substituents is 4. The molecule has 29 N–H and O–H groups in total. The second-order valence-electron chi connectivity index (χ2n) is 36.5. The van der Waals surface area contributed by atoms with Crippen LogP contribution in [0.15, 0.2) is 115 Å². The van der Waals surface area contributed by atoms with Gasteiger partial charge in [0.2, 0.25) is 71.5 Å². The van der Waals surface area contributed by atoms with Crippen LogP contribution in [0.3, 0.4) is 0 Å². The van der Waals surface area contributed by atoms with Crippen LogP contribution in [0.2, 0.25) is 10.0 Å². The first-order valence-corrected chi connectivity index (χ1v) is 47.9. The molecular weight excluding hydrogens is 1930 g/mol. The third-order valence-corrected chi connectivity index (χ3v) is 26.1. The SMILES string of the molecule is CC(=O)N[C@@H]1[C@H](O[C@@H]2c3ccc(c(Cl)c3)Oc3cc4cc(c3O[C@@H]3O[C@@H](CO)[C@@H](O)[C@H](O)[C@@H]3NC(=O)CCCCCCC(C)C)Oc3ccc(cc3Cl)C[C@H]3NC(=O)[C@H](N)c5ccc(O)c(c5)Oc5cc(O)cc(c5)[C@H](NC3=O)C(=O)N[C@H]4C(=O)N[C@H]3C(=O)N[C@@H]2C(=O)N[C@H](C(=O)NCCCNCCCNCCCN)c2cc(O)cc(O[C@H]4O[C@H](CO)[C@@H](O)[C@@H](O)[C@@H]4O)c2-c2cc3ccc2O)O[C@@H](CO)[C@@H](O)[C@@H]1O. The molecule has 778 valence electrons. The van der Waals surface area contributed by atoms with E-state index in [4.69, 9.17) is 77.3 Å². The lowest BCUT2D eigenvalue weighted by molar-refractivity contribution is -0.284. The molecule has 9 aliphatic heterocycles. The molecule has 0 aromatic heterocycles. The van der Waals surface area contributed by atoms with Gasteiger partial charge >= 0.3 is 0 Å². The van der Waals surface area contributed by atoms with Gasteiger partial charge in [0.1, 0.15) is 162 Å². The molecule has 9 heterocycles. The Morgan fingerprint density at radius 2 is 1.04 bits per heavy atom. The largest absolute Gasteiger partial charge is 0.508 e. The van der Waals surface area contributed by atoms with Crippen LogP contribution >= 0.6 is 23.2 Å². The van der Waals surface area contributed by atoms with Crippen LogP contribution in [0, 0.1) is 5.92 Å². The second-order valence-corrected chi connectivity index (χ2v) is 37.3. The van der Waals surface area contributed by atoms with E-state index < -0.39 is 304 Å². The number of fused-ring (bicyclic) bond motifs is 14. The summed E-state index contributed by atoms with van der Waals surface area (Å²) in [6.07, 6.45) is -24.1. The molecular formula is C97H119Cl2N13O32. The van der Waals surface area contributed by atoms with Crippen LogP contribution in [0.4, 0.5) is 0 Å². The zero-order valence-corrected chi connectivity index (χ0v) is 79.8. The molecule has 3 saturated heterocycles. The van der Waals surface area contributed by atoms with Gasteiger partial charge in [-0.3, -0.25) is 43.2 Å². The summed E-state index contributed by atoms with van der Waals surface area (Å²) in [5.41, 5.74) is 9.07. The Bertz CT molecular complexity index is 5820. The maximum atomic E-state index is 17.2. The summed E-state index contributed by atoms with van der Waals surface area (Å²) in [5, 5.41) is 191. The lowest BCUT2D eigenvalue weighted by atomic mass is 9.89. The molecule has 3 fully saturated rings. The minimum Gasteiger partial charge on any atom is -0.508 e. The van der Waals surface area contributed by atoms with E-state index in [1.165, 1.54) is 36.4 Å². The van der Waals surface area contributed by atoms with Crippen molar-refractivity contribution < 1.29 is 157 Å². The number of aliphatic hydroxyl groups excluding tert-OH is 10. The summed E-state index contributed by atoms with van der Waals surface area (Å²) in [6.45, 7) is 4.44. The number of carbonyl (C=O) groups is 9. The number of ether oxygens (including phenoxy) is 9. The molecule has 16 rings (SSSR count). The summed E-state index contributed by atoms with van der Waals surface area (Å²) >= 11 is 14.9. The van der Waals surface area contributed by atoms with E-state index in [0.29, 0.717) is 51.4 Å². The first-order chi connectivity index (χ1) is 68.9. The maximum Gasteiger partial charge on any atom is 0.248 e. The first-order valence-electron chi connectivity index (χ1n) is 47.2. The summed E-state index contributed by atoms with van der Waals surface area (Å²) in [4.78, 5) is 142. The molecule has 45 nitrogen and oxygen atoms in total. The number of aliphatic hydroxyl groups is 10. The molecule has 9 amide bonds. The Morgan fingerprint density at radius 3 is 1.68 bits per heavy atom. The number of nitrogens with one attached hydrogen (secondary N) is 11. The average molecular weight is 2050 g/mol. The van der Waals surface area contributed by atoms with Crippen LogP contribution in [0.1, 0.15) is 154 Å². The van der Waals surface area contributed by atoms with Crippen molar-refractivity contribution in [2.75, 3.05) is 59.1 Å². The smallest absolute Gasteiger partial charge is 0.248 e. The van der Waals surface area contributed by atoms with Crippen molar-refractivity contribution in [2.45, 2.75) is 225 Å². The highest BCUT2D eigenvalue weighted by Gasteiger charge is 2.53. The highest BCUT2D eigenvalue weighted by molar-refractivity contribution is 6.32. The van der Waals surface area contributed by atoms with Crippen molar-refractivity contribution in [3.05, 3.63) is 164 Å². The number of nitrogens with two attached hydrogens (primary N) is 2. The van der Waals surface area contributed by atoms with Gasteiger partial charge in [0.15, 0.2) is 29.3 Å². The van der Waals surface area contributed by atoms with Crippen LogP contribution in [-0.4, -0.2) is 288 Å². The Balaban J connectivity index is 1.02. The highest BCUT2D eigenvalue weighted by atomic mass is 35.5. The molecule has 144 heavy (non-hydrogen) atoms. The second kappa shape index (κ2) is 48.2. The molecule has 0 saturated carbocycles. The highest BCUT2D eigenvalue weighted by Crippen LogP contribution is 2.51. The van der Waals surface area contributed by atoms with Gasteiger partial charge in [0.05, 0.1) is 29.9 Å². The van der Waals surface area contributed by atoms with E-state index in [1.807, 2.05) is 0 Å². The number of phenols is 4.